The van der Waals surface area contributed by atoms with Gasteiger partial charge in [0.25, 0.3) is 0 Å². The van der Waals surface area contributed by atoms with Gasteiger partial charge in [-0.05, 0) is 24.0 Å². The predicted octanol–water partition coefficient (Wildman–Crippen LogP) is 8.47. The number of aryl methyl sites for hydroxylation is 2. The second-order valence-corrected chi connectivity index (χ2v) is 8.47. The number of halogens is 8. The third-order valence-corrected chi connectivity index (χ3v) is 5.16. The van der Waals surface area contributed by atoms with Crippen LogP contribution in [-0.4, -0.2) is 14.5 Å². The Balaban J connectivity index is 0.00000104. The maximum Gasteiger partial charge on any atom is 0.673 e. The number of nitrogens with zero attached hydrogens (tertiary/aromatic N) is 2. The molecule has 0 bridgehead atoms. The summed E-state index contributed by atoms with van der Waals surface area (Å²) in [4.78, 5) is 0. The van der Waals surface area contributed by atoms with Gasteiger partial charge in [0.2, 0.25) is 0 Å². The molecular weight excluding hydrogens is 490 g/mol. The Bertz CT molecular complexity index is 703. The second-order valence-electron chi connectivity index (χ2n) is 8.47. The Morgan fingerprint density at radius 3 is 0.972 bits per heavy atom. The molecule has 0 fully saturated rings. The van der Waals surface area contributed by atoms with Crippen LogP contribution >= 0.6 is 0 Å². The zero-order valence-corrected chi connectivity index (χ0v) is 21.2. The first kappa shape index (κ1) is 33.9. The number of hydrogen-bond acceptors (Lipinski definition) is 0. The van der Waals surface area contributed by atoms with Crippen molar-refractivity contribution in [2.75, 3.05) is 0 Å². The van der Waals surface area contributed by atoms with Crippen LogP contribution in [-0.2, 0) is 13.1 Å². The molecular formula is C24H38B2F8N2. The summed E-state index contributed by atoms with van der Waals surface area (Å²) in [6, 6.07) is 8.99. The quantitative estimate of drug-likeness (QED) is 0.107. The highest BCUT2D eigenvalue weighted by Crippen LogP contribution is 2.16. The van der Waals surface area contributed by atoms with E-state index in [0.717, 1.165) is 13.1 Å². The molecule has 0 aliphatic rings. The van der Waals surface area contributed by atoms with Crippen molar-refractivity contribution in [1.82, 2.24) is 0 Å². The zero-order valence-electron chi connectivity index (χ0n) is 21.2. The Hall–Kier alpha value is -2.13. The van der Waals surface area contributed by atoms with Crippen molar-refractivity contribution in [2.45, 2.75) is 91.1 Å². The van der Waals surface area contributed by atoms with E-state index < -0.39 is 14.5 Å². The first-order valence-corrected chi connectivity index (χ1v) is 12.6. The van der Waals surface area contributed by atoms with Crippen LogP contribution in [0.3, 0.4) is 0 Å². The van der Waals surface area contributed by atoms with Gasteiger partial charge in [0, 0.05) is 37.1 Å². The van der Waals surface area contributed by atoms with E-state index in [2.05, 4.69) is 72.0 Å². The summed E-state index contributed by atoms with van der Waals surface area (Å²) in [6.07, 6.45) is 22.3. The van der Waals surface area contributed by atoms with Crippen molar-refractivity contribution in [3.63, 3.8) is 0 Å². The van der Waals surface area contributed by atoms with Crippen LogP contribution in [0, 0.1) is 0 Å². The SMILES string of the molecule is CCCCCCC[n+]1ccc(-c2cc[n+](CCCCCCC)cc2)cc1.F[B-](F)(F)F.F[B-](F)(F)F. The lowest BCUT2D eigenvalue weighted by Gasteiger charge is -2.02. The van der Waals surface area contributed by atoms with Gasteiger partial charge in [-0.25, -0.2) is 9.13 Å². The van der Waals surface area contributed by atoms with Gasteiger partial charge in [0.15, 0.2) is 24.8 Å². The van der Waals surface area contributed by atoms with Gasteiger partial charge in [-0.15, -0.1) is 0 Å². The van der Waals surface area contributed by atoms with E-state index in [1.54, 1.807) is 0 Å². The summed E-state index contributed by atoms with van der Waals surface area (Å²) in [6.45, 7) is 6.81. The van der Waals surface area contributed by atoms with Crippen LogP contribution in [0.4, 0.5) is 34.5 Å². The lowest BCUT2D eigenvalue weighted by molar-refractivity contribution is -0.697. The normalized spacial score (nSPS) is 11.3. The second kappa shape index (κ2) is 19.0. The van der Waals surface area contributed by atoms with Crippen LogP contribution in [0.15, 0.2) is 49.1 Å². The van der Waals surface area contributed by atoms with Gasteiger partial charge in [-0.2, -0.15) is 0 Å². The van der Waals surface area contributed by atoms with Crippen molar-refractivity contribution in [3.05, 3.63) is 49.1 Å². The number of pyridine rings is 2. The molecule has 0 amide bonds. The van der Waals surface area contributed by atoms with E-state index in [0.29, 0.717) is 0 Å². The molecule has 0 spiro atoms. The molecule has 206 valence electrons. The first-order valence-electron chi connectivity index (χ1n) is 12.6. The molecule has 2 aromatic heterocycles. The maximum atomic E-state index is 9.75. The lowest BCUT2D eigenvalue weighted by Crippen LogP contribution is -2.33. The third-order valence-electron chi connectivity index (χ3n) is 5.16. The molecule has 0 saturated heterocycles. The molecule has 2 aromatic rings. The molecule has 0 saturated carbocycles. The summed E-state index contributed by atoms with van der Waals surface area (Å²) in [5.41, 5.74) is 2.62. The van der Waals surface area contributed by atoms with Crippen molar-refractivity contribution in [2.24, 2.45) is 0 Å². The summed E-state index contributed by atoms with van der Waals surface area (Å²) in [5, 5.41) is 0. The summed E-state index contributed by atoms with van der Waals surface area (Å²) in [5.74, 6) is 0. The minimum atomic E-state index is -6.00. The van der Waals surface area contributed by atoms with Crippen LogP contribution < -0.4 is 9.13 Å². The highest BCUT2D eigenvalue weighted by Gasteiger charge is 2.21. The molecule has 0 radical (unpaired) electrons. The van der Waals surface area contributed by atoms with E-state index in [1.165, 1.54) is 75.3 Å². The van der Waals surface area contributed by atoms with E-state index in [1.807, 2.05) is 0 Å². The smallest absolute Gasteiger partial charge is 0.418 e. The standard InChI is InChI=1S/C24H38N2.2BF4/c1-3-5-7-9-11-17-25-19-13-23(14-20-25)24-15-21-26(22-16-24)18-12-10-8-6-4-2;2*2-1(3,4)5/h13-16,19-22H,3-12,17-18H2,1-2H3;;/q+2;2*-1. The minimum absolute atomic E-state index is 1.14. The Labute approximate surface area is 210 Å². The molecule has 36 heavy (non-hydrogen) atoms. The highest BCUT2D eigenvalue weighted by atomic mass is 19.5. The van der Waals surface area contributed by atoms with E-state index >= 15 is 0 Å². The van der Waals surface area contributed by atoms with Gasteiger partial charge >= 0.3 is 14.5 Å². The fourth-order valence-electron chi connectivity index (χ4n) is 3.39. The molecule has 0 aliphatic carbocycles. The van der Waals surface area contributed by atoms with Crippen LogP contribution in [0.5, 0.6) is 0 Å². The molecule has 2 rings (SSSR count). The molecule has 2 heterocycles. The van der Waals surface area contributed by atoms with Crippen LogP contribution in [0.2, 0.25) is 0 Å². The fraction of sp³-hybridized carbons (Fsp3) is 0.583. The van der Waals surface area contributed by atoms with Crippen molar-refractivity contribution in [1.29, 1.82) is 0 Å². The minimum Gasteiger partial charge on any atom is -0.418 e. The monoisotopic (exact) mass is 528 g/mol. The number of aromatic nitrogens is 2. The third kappa shape index (κ3) is 23.6. The number of rotatable bonds is 13. The Morgan fingerprint density at radius 1 is 0.472 bits per heavy atom. The Kier molecular flexibility index (Phi) is 17.9. The highest BCUT2D eigenvalue weighted by molar-refractivity contribution is 6.50. The zero-order chi connectivity index (χ0) is 27.5. The summed E-state index contributed by atoms with van der Waals surface area (Å²) >= 11 is 0. The van der Waals surface area contributed by atoms with E-state index in [9.17, 15) is 34.5 Å². The molecule has 0 unspecified atom stereocenters. The van der Waals surface area contributed by atoms with Gasteiger partial charge < -0.3 is 34.5 Å². The van der Waals surface area contributed by atoms with E-state index in [4.69, 9.17) is 0 Å². The number of unbranched alkanes of at least 4 members (excludes halogenated alkanes) is 8. The lowest BCUT2D eigenvalue weighted by atomic mass is 10.1. The van der Waals surface area contributed by atoms with E-state index in [-0.39, 0.29) is 0 Å². The molecule has 0 aromatic carbocycles. The number of hydrogen-bond donors (Lipinski definition) is 0. The Morgan fingerprint density at radius 2 is 0.722 bits per heavy atom. The average molecular weight is 528 g/mol. The predicted molar refractivity (Wildman–Crippen MR) is 130 cm³/mol. The topological polar surface area (TPSA) is 7.76 Å². The first-order chi connectivity index (χ1) is 16.8. The molecule has 0 N–H and O–H groups in total. The van der Waals surface area contributed by atoms with Gasteiger partial charge in [0.05, 0.1) is 0 Å². The fourth-order valence-corrected chi connectivity index (χ4v) is 3.39. The van der Waals surface area contributed by atoms with Gasteiger partial charge in [-0.1, -0.05) is 52.4 Å². The maximum absolute atomic E-state index is 9.75. The van der Waals surface area contributed by atoms with Crippen molar-refractivity contribution in [3.8, 4) is 11.1 Å². The largest absolute Gasteiger partial charge is 0.673 e. The van der Waals surface area contributed by atoms with Gasteiger partial charge in [0.1, 0.15) is 13.1 Å². The van der Waals surface area contributed by atoms with Crippen molar-refractivity contribution < 1.29 is 43.7 Å². The van der Waals surface area contributed by atoms with Gasteiger partial charge in [-0.3, -0.25) is 0 Å². The molecule has 0 aliphatic heterocycles. The molecule has 12 heteroatoms. The summed E-state index contributed by atoms with van der Waals surface area (Å²) < 4.78 is 82.6. The molecule has 2 nitrogen and oxygen atoms in total. The van der Waals surface area contributed by atoms with Crippen molar-refractivity contribution >= 4 is 14.5 Å². The molecule has 0 atom stereocenters. The summed E-state index contributed by atoms with van der Waals surface area (Å²) in [7, 11) is -12.0. The van der Waals surface area contributed by atoms with Crippen LogP contribution in [0.25, 0.3) is 11.1 Å². The van der Waals surface area contributed by atoms with Crippen LogP contribution in [0.1, 0.15) is 78.1 Å². The average Bonchev–Trinajstić information content (AvgIpc) is 2.78.